The Balaban J connectivity index is 1.24. The molecule has 0 aliphatic carbocycles. The summed E-state index contributed by atoms with van der Waals surface area (Å²) < 4.78 is 18.7. The molecule has 1 saturated heterocycles. The molecular weight excluding hydrogens is 637 g/mol. The topological polar surface area (TPSA) is 106 Å². The van der Waals surface area contributed by atoms with Crippen LogP contribution in [0.3, 0.4) is 0 Å². The van der Waals surface area contributed by atoms with Crippen LogP contribution in [0.25, 0.3) is 11.1 Å². The molecule has 4 aromatic rings. The van der Waals surface area contributed by atoms with Gasteiger partial charge in [-0.15, -0.1) is 11.8 Å². The molecule has 1 aliphatic heterocycles. The van der Waals surface area contributed by atoms with Crippen LogP contribution in [-0.4, -0.2) is 42.4 Å². The number of benzene rings is 4. The van der Waals surface area contributed by atoms with Crippen molar-refractivity contribution in [1.29, 1.82) is 0 Å². The van der Waals surface area contributed by atoms with Crippen LogP contribution >= 0.6 is 11.8 Å². The number of aliphatic hydroxyl groups excluding tert-OH is 1. The minimum absolute atomic E-state index is 0.000311. The summed E-state index contributed by atoms with van der Waals surface area (Å²) in [6.45, 7) is 2.60. The summed E-state index contributed by atoms with van der Waals surface area (Å²) in [6.07, 6.45) is 2.91. The van der Waals surface area contributed by atoms with Gasteiger partial charge in [0.25, 0.3) is 0 Å². The van der Waals surface area contributed by atoms with Gasteiger partial charge in [0.15, 0.2) is 6.29 Å². The van der Waals surface area contributed by atoms with Gasteiger partial charge in [0.2, 0.25) is 11.8 Å². The molecule has 9 heteroatoms. The van der Waals surface area contributed by atoms with E-state index in [1.165, 1.54) is 6.92 Å². The van der Waals surface area contributed by atoms with E-state index in [4.69, 9.17) is 14.2 Å². The van der Waals surface area contributed by atoms with Crippen LogP contribution in [0.1, 0.15) is 73.7 Å². The molecule has 3 atom stereocenters. The molecule has 0 bridgehead atoms. The molecule has 49 heavy (non-hydrogen) atoms. The largest absolute Gasteiger partial charge is 0.496 e. The zero-order chi connectivity index (χ0) is 34.4. The van der Waals surface area contributed by atoms with Gasteiger partial charge < -0.3 is 30.0 Å². The molecule has 1 fully saturated rings. The van der Waals surface area contributed by atoms with Gasteiger partial charge in [0.05, 0.1) is 25.9 Å². The average molecular weight is 683 g/mol. The second kappa shape index (κ2) is 18.6. The summed E-state index contributed by atoms with van der Waals surface area (Å²) in [5.41, 5.74) is 5.98. The predicted octanol–water partition coefficient (Wildman–Crippen LogP) is 7.50. The number of unbranched alkanes of at least 4 members (excludes halogenated alkanes) is 2. The molecule has 0 radical (unpaired) electrons. The molecule has 258 valence electrons. The lowest BCUT2D eigenvalue weighted by Gasteiger charge is -2.36. The van der Waals surface area contributed by atoms with Crippen molar-refractivity contribution in [2.75, 3.05) is 19.4 Å². The van der Waals surface area contributed by atoms with Gasteiger partial charge in [-0.2, -0.15) is 0 Å². The lowest BCUT2D eigenvalue weighted by atomic mass is 9.97. The minimum Gasteiger partial charge on any atom is -0.496 e. The number of hydrogen-bond donors (Lipinski definition) is 3. The van der Waals surface area contributed by atoms with Crippen LogP contribution in [0.5, 0.6) is 5.75 Å². The molecule has 5 rings (SSSR count). The third-order valence-electron chi connectivity index (χ3n) is 8.55. The van der Waals surface area contributed by atoms with E-state index < -0.39 is 6.29 Å². The average Bonchev–Trinajstić information content (AvgIpc) is 3.14. The first-order chi connectivity index (χ1) is 23.9. The number of thioether (sulfide) groups is 1. The molecule has 8 nitrogen and oxygen atoms in total. The van der Waals surface area contributed by atoms with Gasteiger partial charge in [-0.3, -0.25) is 9.59 Å². The third kappa shape index (κ3) is 10.7. The molecule has 3 N–H and O–H groups in total. The van der Waals surface area contributed by atoms with Crippen molar-refractivity contribution in [3.05, 3.63) is 119 Å². The number of carbonyl (C=O) groups excluding carboxylic acids is 2. The highest BCUT2D eigenvalue weighted by molar-refractivity contribution is 7.99. The first kappa shape index (κ1) is 36.1. The van der Waals surface area contributed by atoms with Gasteiger partial charge in [0, 0.05) is 49.1 Å². The number of aliphatic hydroxyl groups is 1. The van der Waals surface area contributed by atoms with E-state index in [2.05, 4.69) is 47.0 Å². The molecule has 2 amide bonds. The first-order valence-electron chi connectivity index (χ1n) is 16.9. The molecule has 1 aliphatic rings. The minimum atomic E-state index is -0.554. The highest BCUT2D eigenvalue weighted by Crippen LogP contribution is 2.41. The van der Waals surface area contributed by atoms with Crippen molar-refractivity contribution in [3.8, 4) is 16.9 Å². The number of hydrogen-bond acceptors (Lipinski definition) is 7. The highest BCUT2D eigenvalue weighted by atomic mass is 32.2. The van der Waals surface area contributed by atoms with Crippen LogP contribution < -0.4 is 15.4 Å². The molecule has 4 aromatic carbocycles. The van der Waals surface area contributed by atoms with E-state index in [1.54, 1.807) is 18.9 Å². The van der Waals surface area contributed by atoms with Crippen molar-refractivity contribution in [2.45, 2.75) is 75.6 Å². The Morgan fingerprint density at radius 3 is 2.35 bits per heavy atom. The summed E-state index contributed by atoms with van der Waals surface area (Å²) in [5, 5.41) is 15.4. The van der Waals surface area contributed by atoms with Crippen LogP contribution in [0.15, 0.2) is 102 Å². The fraction of sp³-hybridized carbons (Fsp3) is 0.350. The fourth-order valence-corrected chi connectivity index (χ4v) is 6.90. The van der Waals surface area contributed by atoms with E-state index in [1.807, 2.05) is 60.7 Å². The van der Waals surface area contributed by atoms with Crippen LogP contribution in [0, 0.1) is 0 Å². The van der Waals surface area contributed by atoms with Gasteiger partial charge in [-0.25, -0.2) is 0 Å². The van der Waals surface area contributed by atoms with E-state index >= 15 is 0 Å². The number of carbonyl (C=O) groups is 2. The Morgan fingerprint density at radius 1 is 0.857 bits per heavy atom. The molecular formula is C40H46N2O6S. The van der Waals surface area contributed by atoms with E-state index in [0.29, 0.717) is 25.9 Å². The smallest absolute Gasteiger partial charge is 0.220 e. The number of nitrogens with one attached hydrogen (secondary N) is 2. The number of rotatable bonds is 16. The molecule has 1 heterocycles. The maximum atomic E-state index is 12.5. The van der Waals surface area contributed by atoms with Gasteiger partial charge in [0.1, 0.15) is 5.75 Å². The monoisotopic (exact) mass is 682 g/mol. The van der Waals surface area contributed by atoms with E-state index in [-0.39, 0.29) is 30.6 Å². The first-order valence-corrected chi connectivity index (χ1v) is 17.9. The quantitative estimate of drug-likeness (QED) is 0.0830. The number of ether oxygens (including phenoxy) is 3. The SMILES string of the molecule is COc1ccccc1SC[C@H]1C[C@@H](c2ccc(CO)cc2)O[C@@H](c2ccc(-c3ccccc3CNC(=O)CCCCCNC(C)=O)cc2)O1. The molecule has 0 aromatic heterocycles. The summed E-state index contributed by atoms with van der Waals surface area (Å²) in [6, 6.07) is 32.3. The number of methoxy groups -OCH3 is 1. The third-order valence-corrected chi connectivity index (χ3v) is 9.74. The zero-order valence-electron chi connectivity index (χ0n) is 28.2. The normalized spacial score (nSPS) is 17.3. The second-order valence-corrected chi connectivity index (χ2v) is 13.2. The maximum Gasteiger partial charge on any atom is 0.220 e. The lowest BCUT2D eigenvalue weighted by Crippen LogP contribution is -2.31. The van der Waals surface area contributed by atoms with Crippen molar-refractivity contribution in [2.24, 2.45) is 0 Å². The highest BCUT2D eigenvalue weighted by Gasteiger charge is 2.32. The van der Waals surface area contributed by atoms with Crippen LogP contribution in [0.2, 0.25) is 0 Å². The zero-order valence-corrected chi connectivity index (χ0v) is 29.0. The Labute approximate surface area is 293 Å². The fourth-order valence-electron chi connectivity index (χ4n) is 5.85. The molecule has 0 unspecified atom stereocenters. The lowest BCUT2D eigenvalue weighted by molar-refractivity contribution is -0.245. The van der Waals surface area contributed by atoms with Crippen molar-refractivity contribution < 1.29 is 28.9 Å². The van der Waals surface area contributed by atoms with E-state index in [9.17, 15) is 14.7 Å². The standard InChI is InChI=1S/C40H46N2O6S/c1-28(44)41-23-9-3-4-14-39(45)42-25-33-10-5-6-11-35(33)30-19-21-32(22-20-30)40-47-34(27-49-38-13-8-7-12-36(38)46-2)24-37(48-40)31-17-15-29(26-43)16-18-31/h5-8,10-13,15-22,34,37,40,43H,3-4,9,14,23-27H2,1-2H3,(H,41,44)(H,42,45)/t34-,37+,40+/m1/s1. The molecule has 0 spiro atoms. The maximum absolute atomic E-state index is 12.5. The van der Waals surface area contributed by atoms with Crippen LogP contribution in [-0.2, 0) is 32.2 Å². The van der Waals surface area contributed by atoms with Crippen LogP contribution in [0.4, 0.5) is 0 Å². The second-order valence-electron chi connectivity index (χ2n) is 12.2. The Morgan fingerprint density at radius 2 is 1.59 bits per heavy atom. The van der Waals surface area contributed by atoms with Crippen molar-refractivity contribution >= 4 is 23.6 Å². The Hall–Kier alpha value is -4.15. The summed E-state index contributed by atoms with van der Waals surface area (Å²) in [5.74, 6) is 1.58. The Bertz CT molecular complexity index is 1650. The van der Waals surface area contributed by atoms with Gasteiger partial charge in [-0.1, -0.05) is 91.3 Å². The summed E-state index contributed by atoms with van der Waals surface area (Å²) >= 11 is 1.71. The van der Waals surface area contributed by atoms with Crippen molar-refractivity contribution in [3.63, 3.8) is 0 Å². The van der Waals surface area contributed by atoms with E-state index in [0.717, 1.165) is 69.0 Å². The summed E-state index contributed by atoms with van der Waals surface area (Å²) in [7, 11) is 1.69. The summed E-state index contributed by atoms with van der Waals surface area (Å²) in [4.78, 5) is 24.6. The molecule has 0 saturated carbocycles. The number of para-hydroxylation sites is 1. The van der Waals surface area contributed by atoms with Crippen molar-refractivity contribution in [1.82, 2.24) is 10.6 Å². The number of amides is 2. The predicted molar refractivity (Wildman–Crippen MR) is 193 cm³/mol. The van der Waals surface area contributed by atoms with Gasteiger partial charge in [-0.05, 0) is 52.8 Å². The Kier molecular flexibility index (Phi) is 13.7. The van der Waals surface area contributed by atoms with Gasteiger partial charge >= 0.3 is 0 Å².